The molecule has 3 nitrogen and oxygen atoms in total. The Kier molecular flexibility index (Phi) is 3.87. The molecule has 0 aliphatic carbocycles. The van der Waals surface area contributed by atoms with Gasteiger partial charge >= 0.3 is 18.9 Å². The summed E-state index contributed by atoms with van der Waals surface area (Å²) in [7, 11) is 0. The first kappa shape index (κ1) is 8.96. The number of nitrogens with zero attached hydrogens (tertiary/aromatic N) is 2. The average molecular weight is 182 g/mol. The van der Waals surface area contributed by atoms with Crippen LogP contribution in [0.15, 0.2) is 17.0 Å². The van der Waals surface area contributed by atoms with Gasteiger partial charge in [0.1, 0.15) is 10.4 Å². The van der Waals surface area contributed by atoms with Crippen molar-refractivity contribution < 1.29 is 0 Å². The molecular formula is C4H5BrLiN3. The van der Waals surface area contributed by atoms with Crippen molar-refractivity contribution in [2.75, 3.05) is 5.73 Å². The van der Waals surface area contributed by atoms with Crippen LogP contribution in [-0.2, 0) is 0 Å². The summed E-state index contributed by atoms with van der Waals surface area (Å²) < 4.78 is 0.701. The second kappa shape index (κ2) is 3.88. The predicted octanol–water partition coefficient (Wildman–Crippen LogP) is 0.173. The van der Waals surface area contributed by atoms with Crippen molar-refractivity contribution in [1.29, 1.82) is 0 Å². The molecule has 0 saturated heterocycles. The van der Waals surface area contributed by atoms with Gasteiger partial charge in [-0.05, 0) is 15.9 Å². The number of anilines is 1. The van der Waals surface area contributed by atoms with E-state index in [1.807, 2.05) is 0 Å². The summed E-state index contributed by atoms with van der Waals surface area (Å²) in [4.78, 5) is 7.55. The van der Waals surface area contributed by atoms with Crippen molar-refractivity contribution in [3.05, 3.63) is 17.0 Å². The third kappa shape index (κ3) is 2.85. The zero-order valence-electron chi connectivity index (χ0n) is 4.00. The summed E-state index contributed by atoms with van der Waals surface area (Å²) in [5.41, 5.74) is 5.23. The molecule has 2 N–H and O–H groups in total. The Labute approximate surface area is 73.4 Å². The van der Waals surface area contributed by atoms with Crippen LogP contribution >= 0.6 is 15.9 Å². The molecule has 0 saturated carbocycles. The molecule has 1 rings (SSSR count). The van der Waals surface area contributed by atoms with Crippen molar-refractivity contribution >= 4 is 40.6 Å². The normalized spacial score (nSPS) is 8.11. The summed E-state index contributed by atoms with van der Waals surface area (Å²) in [6, 6.07) is 0. The van der Waals surface area contributed by atoms with E-state index in [9.17, 15) is 0 Å². The van der Waals surface area contributed by atoms with E-state index in [-0.39, 0.29) is 18.9 Å². The van der Waals surface area contributed by atoms with Crippen LogP contribution < -0.4 is 5.73 Å². The predicted molar refractivity (Wildman–Crippen MR) is 41.3 cm³/mol. The van der Waals surface area contributed by atoms with Crippen molar-refractivity contribution in [3.8, 4) is 0 Å². The van der Waals surface area contributed by atoms with Crippen LogP contribution in [0.5, 0.6) is 0 Å². The Morgan fingerprint density at radius 1 is 1.33 bits per heavy atom. The van der Waals surface area contributed by atoms with E-state index in [0.29, 0.717) is 10.4 Å². The number of halogens is 1. The number of rotatable bonds is 0. The molecule has 44 valence electrons. The van der Waals surface area contributed by atoms with E-state index in [1.54, 1.807) is 6.20 Å². The van der Waals surface area contributed by atoms with Crippen molar-refractivity contribution in [1.82, 2.24) is 9.97 Å². The molecule has 5 heteroatoms. The van der Waals surface area contributed by atoms with Gasteiger partial charge in [-0.3, -0.25) is 0 Å². The van der Waals surface area contributed by atoms with E-state index in [4.69, 9.17) is 5.73 Å². The standard InChI is InChI=1S/C4H4BrN3.Li.H/c5-3-1-8-4(6)2-7-3;;/h1-2H,(H2,6,8);;. The summed E-state index contributed by atoms with van der Waals surface area (Å²) in [5, 5.41) is 0. The van der Waals surface area contributed by atoms with Crippen molar-refractivity contribution in [2.24, 2.45) is 0 Å². The Morgan fingerprint density at radius 3 is 2.33 bits per heavy atom. The molecule has 0 radical (unpaired) electrons. The first-order chi connectivity index (χ1) is 3.79. The van der Waals surface area contributed by atoms with Crippen LogP contribution in [0.25, 0.3) is 0 Å². The third-order valence-electron chi connectivity index (χ3n) is 0.640. The van der Waals surface area contributed by atoms with Gasteiger partial charge in [-0.2, -0.15) is 0 Å². The molecule has 0 atom stereocenters. The molecule has 0 aliphatic heterocycles. The van der Waals surface area contributed by atoms with Crippen LogP contribution in [0, 0.1) is 0 Å². The molecule has 1 aromatic rings. The minimum absolute atomic E-state index is 0. The number of aromatic nitrogens is 2. The third-order valence-corrected chi connectivity index (χ3v) is 1.05. The van der Waals surface area contributed by atoms with Gasteiger partial charge in [-0.1, -0.05) is 0 Å². The van der Waals surface area contributed by atoms with E-state index in [1.165, 1.54) is 6.20 Å². The minimum atomic E-state index is 0. The van der Waals surface area contributed by atoms with Crippen LogP contribution in [0.3, 0.4) is 0 Å². The Morgan fingerprint density at radius 2 is 2.00 bits per heavy atom. The van der Waals surface area contributed by atoms with Crippen LogP contribution in [0.1, 0.15) is 0 Å². The molecule has 0 aromatic carbocycles. The van der Waals surface area contributed by atoms with E-state index < -0.39 is 0 Å². The summed E-state index contributed by atoms with van der Waals surface area (Å²) in [5.74, 6) is 0.438. The molecule has 0 amide bonds. The maximum absolute atomic E-state index is 5.23. The number of hydrogen-bond donors (Lipinski definition) is 1. The second-order valence-electron chi connectivity index (χ2n) is 1.26. The fraction of sp³-hybridized carbons (Fsp3) is 0. The molecule has 0 bridgehead atoms. The second-order valence-corrected chi connectivity index (χ2v) is 2.08. The number of nitrogens with two attached hydrogens (primary N) is 1. The van der Waals surface area contributed by atoms with Crippen molar-refractivity contribution in [3.63, 3.8) is 0 Å². The van der Waals surface area contributed by atoms with Gasteiger partial charge in [0.25, 0.3) is 0 Å². The topological polar surface area (TPSA) is 51.8 Å². The van der Waals surface area contributed by atoms with Crippen LogP contribution in [0.4, 0.5) is 5.82 Å². The monoisotopic (exact) mass is 181 g/mol. The number of nitrogen functional groups attached to an aromatic ring is 1. The zero-order valence-corrected chi connectivity index (χ0v) is 5.59. The van der Waals surface area contributed by atoms with Gasteiger partial charge in [-0.15, -0.1) is 0 Å². The van der Waals surface area contributed by atoms with Gasteiger partial charge < -0.3 is 5.73 Å². The van der Waals surface area contributed by atoms with Gasteiger partial charge in [0, 0.05) is 0 Å². The molecular weight excluding hydrogens is 177 g/mol. The van der Waals surface area contributed by atoms with Gasteiger partial charge in [0.15, 0.2) is 0 Å². The van der Waals surface area contributed by atoms with E-state index in [0.717, 1.165) is 0 Å². The van der Waals surface area contributed by atoms with E-state index >= 15 is 0 Å². The summed E-state index contributed by atoms with van der Waals surface area (Å²) in [6.07, 6.45) is 3.04. The molecule has 0 spiro atoms. The fourth-order valence-electron chi connectivity index (χ4n) is 0.322. The average Bonchev–Trinajstić information content (AvgIpc) is 1.77. The molecule has 1 heterocycles. The van der Waals surface area contributed by atoms with Crippen molar-refractivity contribution in [2.45, 2.75) is 0 Å². The fourth-order valence-corrected chi connectivity index (χ4v) is 0.527. The Balaban J connectivity index is 0.000000640. The first-order valence-corrected chi connectivity index (χ1v) is 2.81. The van der Waals surface area contributed by atoms with Crippen LogP contribution in [-0.4, -0.2) is 28.8 Å². The van der Waals surface area contributed by atoms with E-state index in [2.05, 4.69) is 25.9 Å². The van der Waals surface area contributed by atoms with Crippen LogP contribution in [0.2, 0.25) is 0 Å². The molecule has 9 heavy (non-hydrogen) atoms. The van der Waals surface area contributed by atoms with Gasteiger partial charge in [-0.25, -0.2) is 9.97 Å². The zero-order chi connectivity index (χ0) is 5.98. The summed E-state index contributed by atoms with van der Waals surface area (Å²) in [6.45, 7) is 0. The van der Waals surface area contributed by atoms with Gasteiger partial charge in [0.2, 0.25) is 0 Å². The number of hydrogen-bond acceptors (Lipinski definition) is 3. The summed E-state index contributed by atoms with van der Waals surface area (Å²) >= 11 is 3.12. The quantitative estimate of drug-likeness (QED) is 0.582. The molecule has 0 unspecified atom stereocenters. The Hall–Kier alpha value is -0.0426. The molecule has 1 aromatic heterocycles. The molecule has 0 fully saturated rings. The van der Waals surface area contributed by atoms with Gasteiger partial charge in [0.05, 0.1) is 12.4 Å². The SMILES string of the molecule is Nc1cnc(Br)cn1.[LiH]. The molecule has 0 aliphatic rings. The Bertz CT molecular complexity index is 155. The first-order valence-electron chi connectivity index (χ1n) is 2.02. The maximum atomic E-state index is 5.23.